The molecule has 2 unspecified atom stereocenters. The van der Waals surface area contributed by atoms with Crippen LogP contribution in [0, 0.1) is 5.92 Å². The largest absolute Gasteiger partial charge is 0.257 e. The fourth-order valence-corrected chi connectivity index (χ4v) is 4.52. The first-order chi connectivity index (χ1) is 12.8. The van der Waals surface area contributed by atoms with E-state index in [2.05, 4.69) is 99.8 Å². The van der Waals surface area contributed by atoms with Gasteiger partial charge in [0.1, 0.15) is 0 Å². The predicted molar refractivity (Wildman–Crippen MR) is 111 cm³/mol. The minimum Gasteiger partial charge on any atom is -0.257 e. The van der Waals surface area contributed by atoms with Gasteiger partial charge in [-0.05, 0) is 48.2 Å². The Hall–Kier alpha value is -2.39. The van der Waals surface area contributed by atoms with Gasteiger partial charge < -0.3 is 0 Å². The summed E-state index contributed by atoms with van der Waals surface area (Å²) in [5.74, 6) is 0.422. The number of halogens is 1. The van der Waals surface area contributed by atoms with Gasteiger partial charge in [-0.15, -0.1) is 0 Å². The predicted octanol–water partition coefficient (Wildman–Crippen LogP) is 5.98. The van der Waals surface area contributed by atoms with E-state index in [-0.39, 0.29) is 6.04 Å². The number of para-hydroxylation sites is 1. The average molecular weight is 403 g/mol. The lowest BCUT2D eigenvalue weighted by Gasteiger charge is -2.30. The van der Waals surface area contributed by atoms with E-state index in [1.54, 1.807) is 0 Å². The standard InChI is InChI=1S/C23H19BrN2/c24-18-13-10-17(11-14-18)23-21-15-12-16-6-4-5-9-20(16)22(21)25-26(23)19-7-2-1-3-8-19/h1-11,13-14,21,23H,12,15H2. The first kappa shape index (κ1) is 15.8. The Kier molecular flexibility index (Phi) is 3.90. The zero-order chi connectivity index (χ0) is 17.5. The third-order valence-electron chi connectivity index (χ3n) is 5.46. The minimum absolute atomic E-state index is 0.244. The van der Waals surface area contributed by atoms with Gasteiger partial charge in [0.25, 0.3) is 0 Å². The molecule has 5 rings (SSSR count). The minimum atomic E-state index is 0.244. The molecular formula is C23H19BrN2. The fraction of sp³-hybridized carbons (Fsp3) is 0.174. The molecule has 3 aromatic carbocycles. The highest BCUT2D eigenvalue weighted by Crippen LogP contribution is 2.45. The molecule has 1 heterocycles. The molecule has 0 spiro atoms. The lowest BCUT2D eigenvalue weighted by Crippen LogP contribution is -2.28. The molecule has 0 saturated carbocycles. The second-order valence-corrected chi connectivity index (χ2v) is 7.88. The molecule has 1 aliphatic carbocycles. The first-order valence-electron chi connectivity index (χ1n) is 9.08. The number of hydrogen-bond acceptors (Lipinski definition) is 2. The normalized spacial score (nSPS) is 21.1. The maximum Gasteiger partial charge on any atom is 0.0860 e. The highest BCUT2D eigenvalue weighted by molar-refractivity contribution is 9.10. The van der Waals surface area contributed by atoms with Crippen molar-refractivity contribution in [1.82, 2.24) is 0 Å². The second kappa shape index (κ2) is 6.40. The summed E-state index contributed by atoms with van der Waals surface area (Å²) in [7, 11) is 0. The van der Waals surface area contributed by atoms with Crippen LogP contribution in [0.25, 0.3) is 0 Å². The summed E-state index contributed by atoms with van der Waals surface area (Å²) in [6.07, 6.45) is 2.26. The van der Waals surface area contributed by atoms with Gasteiger partial charge in [-0.25, -0.2) is 0 Å². The SMILES string of the molecule is Brc1ccc(C2C3CCc4ccccc4C3=NN2c2ccccc2)cc1. The number of rotatable bonds is 2. The number of benzene rings is 3. The van der Waals surface area contributed by atoms with Crippen molar-refractivity contribution < 1.29 is 0 Å². The van der Waals surface area contributed by atoms with Crippen molar-refractivity contribution in [2.45, 2.75) is 18.9 Å². The van der Waals surface area contributed by atoms with Crippen molar-refractivity contribution in [3.63, 3.8) is 0 Å². The van der Waals surface area contributed by atoms with Crippen LogP contribution in [0.1, 0.15) is 29.2 Å². The van der Waals surface area contributed by atoms with Crippen LogP contribution in [0.2, 0.25) is 0 Å². The highest BCUT2D eigenvalue weighted by atomic mass is 79.9. The van der Waals surface area contributed by atoms with Gasteiger partial charge in [0.15, 0.2) is 0 Å². The lowest BCUT2D eigenvalue weighted by atomic mass is 9.77. The summed E-state index contributed by atoms with van der Waals surface area (Å²) >= 11 is 3.56. The van der Waals surface area contributed by atoms with Crippen molar-refractivity contribution in [2.24, 2.45) is 11.0 Å². The Morgan fingerprint density at radius 1 is 0.846 bits per heavy atom. The summed E-state index contributed by atoms with van der Waals surface area (Å²) in [6, 6.07) is 28.2. The summed E-state index contributed by atoms with van der Waals surface area (Å²) < 4.78 is 1.11. The number of nitrogens with zero attached hydrogens (tertiary/aromatic N) is 2. The van der Waals surface area contributed by atoms with Crippen LogP contribution in [0.4, 0.5) is 5.69 Å². The van der Waals surface area contributed by atoms with Crippen molar-refractivity contribution in [3.8, 4) is 0 Å². The molecule has 0 fully saturated rings. The van der Waals surface area contributed by atoms with E-state index >= 15 is 0 Å². The first-order valence-corrected chi connectivity index (χ1v) is 9.87. The van der Waals surface area contributed by atoms with Crippen LogP contribution < -0.4 is 5.01 Å². The molecular weight excluding hydrogens is 384 g/mol. The lowest BCUT2D eigenvalue weighted by molar-refractivity contribution is 0.510. The van der Waals surface area contributed by atoms with Gasteiger partial charge in [0.2, 0.25) is 0 Å². The maximum absolute atomic E-state index is 5.14. The number of anilines is 1. The van der Waals surface area contributed by atoms with E-state index in [4.69, 9.17) is 5.10 Å². The fourth-order valence-electron chi connectivity index (χ4n) is 4.25. The van der Waals surface area contributed by atoms with Crippen LogP contribution in [0.15, 0.2) is 88.4 Å². The summed E-state index contributed by atoms with van der Waals surface area (Å²) in [5.41, 5.74) is 6.46. The monoisotopic (exact) mass is 402 g/mol. The summed E-state index contributed by atoms with van der Waals surface area (Å²) in [5, 5.41) is 7.37. The van der Waals surface area contributed by atoms with E-state index in [1.807, 2.05) is 0 Å². The van der Waals surface area contributed by atoms with Crippen molar-refractivity contribution in [2.75, 3.05) is 5.01 Å². The van der Waals surface area contributed by atoms with E-state index in [0.717, 1.165) is 23.0 Å². The van der Waals surface area contributed by atoms with Gasteiger partial charge in [0, 0.05) is 16.0 Å². The summed E-state index contributed by atoms with van der Waals surface area (Å²) in [6.45, 7) is 0. The van der Waals surface area contributed by atoms with Crippen LogP contribution >= 0.6 is 15.9 Å². The quantitative estimate of drug-likeness (QED) is 0.514. The van der Waals surface area contributed by atoms with E-state index in [1.165, 1.54) is 22.4 Å². The van der Waals surface area contributed by atoms with Crippen molar-refractivity contribution in [1.29, 1.82) is 0 Å². The molecule has 0 bridgehead atoms. The molecule has 26 heavy (non-hydrogen) atoms. The molecule has 2 atom stereocenters. The molecule has 0 amide bonds. The smallest absolute Gasteiger partial charge is 0.0860 e. The average Bonchev–Trinajstić information content (AvgIpc) is 3.09. The molecule has 0 radical (unpaired) electrons. The number of aryl methyl sites for hydroxylation is 1. The van der Waals surface area contributed by atoms with E-state index in [9.17, 15) is 0 Å². The third kappa shape index (κ3) is 2.58. The van der Waals surface area contributed by atoms with Crippen molar-refractivity contribution >= 4 is 27.3 Å². The van der Waals surface area contributed by atoms with Crippen molar-refractivity contribution in [3.05, 3.63) is 100 Å². The maximum atomic E-state index is 5.14. The van der Waals surface area contributed by atoms with Gasteiger partial charge in [-0.3, -0.25) is 5.01 Å². The second-order valence-electron chi connectivity index (χ2n) is 6.96. The Balaban J connectivity index is 1.65. The van der Waals surface area contributed by atoms with Gasteiger partial charge >= 0.3 is 0 Å². The zero-order valence-corrected chi connectivity index (χ0v) is 15.9. The molecule has 0 saturated heterocycles. The van der Waals surface area contributed by atoms with Crippen LogP contribution in [-0.2, 0) is 6.42 Å². The van der Waals surface area contributed by atoms with E-state index < -0.39 is 0 Å². The molecule has 1 aliphatic heterocycles. The zero-order valence-electron chi connectivity index (χ0n) is 14.3. The summed E-state index contributed by atoms with van der Waals surface area (Å²) in [4.78, 5) is 0. The van der Waals surface area contributed by atoms with Gasteiger partial charge in [-0.2, -0.15) is 5.10 Å². The Morgan fingerprint density at radius 2 is 1.58 bits per heavy atom. The third-order valence-corrected chi connectivity index (χ3v) is 5.99. The number of hydrazone groups is 1. The Labute approximate surface area is 162 Å². The molecule has 128 valence electrons. The topological polar surface area (TPSA) is 15.6 Å². The van der Waals surface area contributed by atoms with Gasteiger partial charge in [0.05, 0.1) is 17.4 Å². The van der Waals surface area contributed by atoms with Crippen LogP contribution in [0.5, 0.6) is 0 Å². The highest BCUT2D eigenvalue weighted by Gasteiger charge is 2.41. The molecule has 0 aromatic heterocycles. The molecule has 2 nitrogen and oxygen atoms in total. The van der Waals surface area contributed by atoms with E-state index in [0.29, 0.717) is 5.92 Å². The number of fused-ring (bicyclic) bond motifs is 3. The molecule has 3 aromatic rings. The van der Waals surface area contributed by atoms with Crippen LogP contribution in [-0.4, -0.2) is 5.71 Å². The molecule has 3 heteroatoms. The Bertz CT molecular complexity index is 963. The molecule has 0 N–H and O–H groups in total. The Morgan fingerprint density at radius 3 is 2.38 bits per heavy atom. The van der Waals surface area contributed by atoms with Gasteiger partial charge in [-0.1, -0.05) is 70.5 Å². The van der Waals surface area contributed by atoms with Crippen LogP contribution in [0.3, 0.4) is 0 Å². The molecule has 2 aliphatic rings. The number of hydrogen-bond donors (Lipinski definition) is 0.